The molecule has 0 radical (unpaired) electrons. The molecule has 5 nitrogen and oxygen atoms in total. The molecule has 1 aromatic rings. The summed E-state index contributed by atoms with van der Waals surface area (Å²) in [7, 11) is -3.51. The predicted molar refractivity (Wildman–Crippen MR) is 70.7 cm³/mol. The van der Waals surface area contributed by atoms with Gasteiger partial charge in [0.2, 0.25) is 10.0 Å². The Hall–Kier alpha value is -1.45. The van der Waals surface area contributed by atoms with Gasteiger partial charge in [-0.2, -0.15) is 9.57 Å². The zero-order chi connectivity index (χ0) is 14.0. The maximum atomic E-state index is 12.5. The third-order valence-corrected chi connectivity index (χ3v) is 5.74. The molecule has 0 amide bonds. The molecule has 2 rings (SSSR count). The third kappa shape index (κ3) is 2.62. The summed E-state index contributed by atoms with van der Waals surface area (Å²) in [6.45, 7) is 4.57. The van der Waals surface area contributed by atoms with Crippen LogP contribution in [0.1, 0.15) is 32.4 Å². The van der Waals surface area contributed by atoms with E-state index >= 15 is 0 Å². The number of nitrogens with zero attached hydrogens (tertiary/aromatic N) is 3. The number of hydrogen-bond donors (Lipinski definition) is 0. The van der Waals surface area contributed by atoms with Gasteiger partial charge >= 0.3 is 0 Å². The van der Waals surface area contributed by atoms with Gasteiger partial charge in [0.05, 0.1) is 0 Å². The van der Waals surface area contributed by atoms with Gasteiger partial charge in [0, 0.05) is 18.8 Å². The van der Waals surface area contributed by atoms with E-state index in [-0.39, 0.29) is 16.6 Å². The van der Waals surface area contributed by atoms with Crippen molar-refractivity contribution >= 4 is 10.0 Å². The van der Waals surface area contributed by atoms with Crippen molar-refractivity contribution in [2.45, 2.75) is 37.6 Å². The van der Waals surface area contributed by atoms with Crippen LogP contribution in [-0.4, -0.2) is 30.3 Å². The lowest BCUT2D eigenvalue weighted by Crippen LogP contribution is -2.45. The van der Waals surface area contributed by atoms with Crippen molar-refractivity contribution in [1.29, 1.82) is 5.26 Å². The Balaban J connectivity index is 2.33. The van der Waals surface area contributed by atoms with Crippen molar-refractivity contribution in [2.75, 3.05) is 6.54 Å². The zero-order valence-corrected chi connectivity index (χ0v) is 11.9. The standard InChI is InChI=1S/C13H17N3O2S/c1-10-4-3-7-16(11(10)2)19(17,18)13-6-5-12(8-14)15-9-13/h5-6,9-11H,3-4,7H2,1-2H3. The minimum absolute atomic E-state index is 0.00519. The second-order valence-corrected chi connectivity index (χ2v) is 6.86. The highest BCUT2D eigenvalue weighted by Gasteiger charge is 2.34. The van der Waals surface area contributed by atoms with Crippen LogP contribution in [0.25, 0.3) is 0 Å². The van der Waals surface area contributed by atoms with Gasteiger partial charge in [-0.15, -0.1) is 0 Å². The average molecular weight is 279 g/mol. The molecule has 0 aliphatic carbocycles. The Labute approximate surface area is 113 Å². The fourth-order valence-electron chi connectivity index (χ4n) is 2.37. The number of sulfonamides is 1. The fraction of sp³-hybridized carbons (Fsp3) is 0.538. The minimum Gasteiger partial charge on any atom is -0.244 e. The zero-order valence-electron chi connectivity index (χ0n) is 11.1. The molecule has 0 aromatic carbocycles. The van der Waals surface area contributed by atoms with Crippen molar-refractivity contribution in [3.63, 3.8) is 0 Å². The predicted octanol–water partition coefficient (Wildman–Crippen LogP) is 1.76. The maximum absolute atomic E-state index is 12.5. The SMILES string of the molecule is CC1CCCN(S(=O)(=O)c2ccc(C#N)nc2)C1C. The van der Waals surface area contributed by atoms with E-state index in [1.165, 1.54) is 18.3 Å². The summed E-state index contributed by atoms with van der Waals surface area (Å²) in [4.78, 5) is 4.00. The smallest absolute Gasteiger partial charge is 0.244 e. The van der Waals surface area contributed by atoms with Crippen LogP contribution in [0.4, 0.5) is 0 Å². The van der Waals surface area contributed by atoms with Crippen LogP contribution in [0.5, 0.6) is 0 Å². The second kappa shape index (κ2) is 5.27. The first-order valence-corrected chi connectivity index (χ1v) is 7.79. The average Bonchev–Trinajstić information content (AvgIpc) is 2.41. The van der Waals surface area contributed by atoms with Crippen molar-refractivity contribution < 1.29 is 8.42 Å². The quantitative estimate of drug-likeness (QED) is 0.826. The van der Waals surface area contributed by atoms with E-state index in [2.05, 4.69) is 11.9 Å². The van der Waals surface area contributed by atoms with Crippen LogP contribution in [0.15, 0.2) is 23.2 Å². The van der Waals surface area contributed by atoms with E-state index in [0.717, 1.165) is 12.8 Å². The van der Waals surface area contributed by atoms with Gasteiger partial charge in [0.1, 0.15) is 16.7 Å². The van der Waals surface area contributed by atoms with Gasteiger partial charge in [0.25, 0.3) is 0 Å². The van der Waals surface area contributed by atoms with Gasteiger partial charge in [-0.25, -0.2) is 13.4 Å². The molecule has 0 N–H and O–H groups in total. The minimum atomic E-state index is -3.51. The van der Waals surface area contributed by atoms with Crippen LogP contribution in [0, 0.1) is 17.2 Å². The van der Waals surface area contributed by atoms with Crippen LogP contribution in [-0.2, 0) is 10.0 Å². The Morgan fingerprint density at radius 1 is 1.42 bits per heavy atom. The van der Waals surface area contributed by atoms with Crippen molar-refractivity contribution in [2.24, 2.45) is 5.92 Å². The van der Waals surface area contributed by atoms with E-state index < -0.39 is 10.0 Å². The largest absolute Gasteiger partial charge is 0.244 e. The molecule has 2 atom stereocenters. The molecule has 1 aliphatic heterocycles. The Bertz CT molecular complexity index is 589. The monoisotopic (exact) mass is 279 g/mol. The summed E-state index contributed by atoms with van der Waals surface area (Å²) in [5.41, 5.74) is 0.221. The van der Waals surface area contributed by atoms with Crippen molar-refractivity contribution in [3.05, 3.63) is 24.0 Å². The summed E-state index contributed by atoms with van der Waals surface area (Å²) >= 11 is 0. The Kier molecular flexibility index (Phi) is 3.88. The van der Waals surface area contributed by atoms with Crippen molar-refractivity contribution in [3.8, 4) is 6.07 Å². The lowest BCUT2D eigenvalue weighted by molar-refractivity contribution is 0.202. The normalized spacial score (nSPS) is 24.9. The summed E-state index contributed by atoms with van der Waals surface area (Å²) in [6.07, 6.45) is 3.20. The number of aromatic nitrogens is 1. The molecule has 0 spiro atoms. The molecule has 0 bridgehead atoms. The second-order valence-electron chi connectivity index (χ2n) is 4.97. The molecule has 6 heteroatoms. The molecule has 19 heavy (non-hydrogen) atoms. The van der Waals surface area contributed by atoms with Gasteiger partial charge in [-0.1, -0.05) is 6.92 Å². The topological polar surface area (TPSA) is 74.1 Å². The van der Waals surface area contributed by atoms with Crippen LogP contribution in [0.2, 0.25) is 0 Å². The number of pyridine rings is 1. The molecule has 2 heterocycles. The van der Waals surface area contributed by atoms with E-state index in [1.54, 1.807) is 4.31 Å². The van der Waals surface area contributed by atoms with Crippen LogP contribution in [0.3, 0.4) is 0 Å². The summed E-state index contributed by atoms with van der Waals surface area (Å²) in [6, 6.07) is 4.76. The summed E-state index contributed by atoms with van der Waals surface area (Å²) in [5.74, 6) is 0.356. The van der Waals surface area contributed by atoms with Gasteiger partial charge in [-0.05, 0) is 37.8 Å². The molecule has 102 valence electrons. The third-order valence-electron chi connectivity index (χ3n) is 3.77. The first-order chi connectivity index (χ1) is 8.96. The molecule has 1 saturated heterocycles. The number of piperidine rings is 1. The molecule has 1 fully saturated rings. The van der Waals surface area contributed by atoms with Crippen LogP contribution >= 0.6 is 0 Å². The first kappa shape index (κ1) is 14.0. The maximum Gasteiger partial charge on any atom is 0.244 e. The lowest BCUT2D eigenvalue weighted by atomic mass is 9.94. The molecule has 2 unspecified atom stereocenters. The fourth-order valence-corrected chi connectivity index (χ4v) is 4.08. The van der Waals surface area contributed by atoms with Gasteiger partial charge < -0.3 is 0 Å². The molecular weight excluding hydrogens is 262 g/mol. The van der Waals surface area contributed by atoms with E-state index in [1.807, 2.05) is 13.0 Å². The highest BCUT2D eigenvalue weighted by atomic mass is 32.2. The van der Waals surface area contributed by atoms with Crippen LogP contribution < -0.4 is 0 Å². The van der Waals surface area contributed by atoms with Gasteiger partial charge in [-0.3, -0.25) is 0 Å². The molecular formula is C13H17N3O2S. The van der Waals surface area contributed by atoms with E-state index in [9.17, 15) is 8.42 Å². The summed E-state index contributed by atoms with van der Waals surface area (Å²) < 4.78 is 26.6. The Morgan fingerprint density at radius 2 is 2.16 bits per heavy atom. The van der Waals surface area contributed by atoms with E-state index in [0.29, 0.717) is 12.5 Å². The molecule has 0 saturated carbocycles. The lowest BCUT2D eigenvalue weighted by Gasteiger charge is -2.36. The molecule has 1 aliphatic rings. The van der Waals surface area contributed by atoms with E-state index in [4.69, 9.17) is 5.26 Å². The highest BCUT2D eigenvalue weighted by Crippen LogP contribution is 2.28. The van der Waals surface area contributed by atoms with Crippen molar-refractivity contribution in [1.82, 2.24) is 9.29 Å². The number of rotatable bonds is 2. The van der Waals surface area contributed by atoms with Gasteiger partial charge in [0.15, 0.2) is 0 Å². The number of nitriles is 1. The first-order valence-electron chi connectivity index (χ1n) is 6.35. The summed E-state index contributed by atoms with van der Waals surface area (Å²) in [5, 5.41) is 8.68. The Morgan fingerprint density at radius 3 is 2.74 bits per heavy atom. The molecule has 1 aromatic heterocycles. The highest BCUT2D eigenvalue weighted by molar-refractivity contribution is 7.89. The number of hydrogen-bond acceptors (Lipinski definition) is 4.